The number of carbonyl (C=O) groups excluding carboxylic acids is 1. The second-order valence-corrected chi connectivity index (χ2v) is 9.74. The van der Waals surface area contributed by atoms with E-state index in [0.717, 1.165) is 11.1 Å². The third-order valence-electron chi connectivity index (χ3n) is 4.66. The van der Waals surface area contributed by atoms with Crippen LogP contribution in [0.25, 0.3) is 0 Å². The zero-order valence-electron chi connectivity index (χ0n) is 17.3. The van der Waals surface area contributed by atoms with Crippen molar-refractivity contribution in [2.24, 2.45) is 0 Å². The van der Waals surface area contributed by atoms with Gasteiger partial charge < -0.3 is 9.88 Å². The number of hydrogen-bond donors (Lipinski definition) is 2. The minimum atomic E-state index is -3.78. The smallest absolute Gasteiger partial charge is 0.241 e. The highest BCUT2D eigenvalue weighted by Gasteiger charge is 2.25. The van der Waals surface area contributed by atoms with Crippen molar-refractivity contribution in [1.82, 2.24) is 19.6 Å². The molecule has 0 aliphatic heterocycles. The Balaban J connectivity index is 1.64. The lowest BCUT2D eigenvalue weighted by Gasteiger charge is -2.18. The number of sulfonamides is 1. The lowest BCUT2D eigenvalue weighted by molar-refractivity contribution is -0.122. The van der Waals surface area contributed by atoms with E-state index in [2.05, 4.69) is 15.0 Å². The number of thioether (sulfide) groups is 1. The van der Waals surface area contributed by atoms with Crippen LogP contribution >= 0.6 is 11.8 Å². The van der Waals surface area contributed by atoms with Crippen LogP contribution in [0.15, 0.2) is 78.2 Å². The van der Waals surface area contributed by atoms with Gasteiger partial charge in [0.2, 0.25) is 15.9 Å². The molecule has 1 amide bonds. The summed E-state index contributed by atoms with van der Waals surface area (Å²) >= 11 is 1.56. The Kier molecular flexibility index (Phi) is 8.27. The number of nitrogens with one attached hydrogen (secondary N) is 2. The van der Waals surface area contributed by atoms with Crippen LogP contribution in [-0.4, -0.2) is 41.9 Å². The zero-order chi connectivity index (χ0) is 22.1. The van der Waals surface area contributed by atoms with Gasteiger partial charge in [-0.05, 0) is 41.7 Å². The van der Waals surface area contributed by atoms with Crippen molar-refractivity contribution in [3.63, 3.8) is 0 Å². The highest BCUT2D eigenvalue weighted by Crippen LogP contribution is 2.11. The first kappa shape index (κ1) is 23.1. The predicted molar refractivity (Wildman–Crippen MR) is 123 cm³/mol. The first-order valence-corrected chi connectivity index (χ1v) is 12.7. The maximum absolute atomic E-state index is 12.8. The molecule has 1 heterocycles. The van der Waals surface area contributed by atoms with Crippen LogP contribution in [0.1, 0.15) is 17.5 Å². The summed E-state index contributed by atoms with van der Waals surface area (Å²) in [7, 11) is -3.78. The number of hydrogen-bond acceptors (Lipinski definition) is 5. The first-order chi connectivity index (χ1) is 15.0. The van der Waals surface area contributed by atoms with Gasteiger partial charge in [-0.25, -0.2) is 13.4 Å². The zero-order valence-corrected chi connectivity index (χ0v) is 18.9. The maximum Gasteiger partial charge on any atom is 0.241 e. The van der Waals surface area contributed by atoms with Gasteiger partial charge in [0.1, 0.15) is 6.04 Å². The molecule has 0 aliphatic rings. The fraction of sp³-hybridized carbons (Fsp3) is 0.273. The third kappa shape index (κ3) is 6.95. The molecule has 0 radical (unpaired) electrons. The monoisotopic (exact) mass is 458 g/mol. The Bertz CT molecular complexity index is 1070. The number of nitrogens with zero attached hydrogens (tertiary/aromatic N) is 2. The lowest BCUT2D eigenvalue weighted by atomic mass is 10.1. The average molecular weight is 459 g/mol. The summed E-state index contributed by atoms with van der Waals surface area (Å²) in [4.78, 5) is 17.0. The van der Waals surface area contributed by atoms with Crippen LogP contribution < -0.4 is 10.0 Å². The summed E-state index contributed by atoms with van der Waals surface area (Å²) in [5.74, 6) is 0.323. The fourth-order valence-electron chi connectivity index (χ4n) is 3.08. The molecule has 0 saturated carbocycles. The van der Waals surface area contributed by atoms with E-state index in [1.165, 1.54) is 12.1 Å². The van der Waals surface area contributed by atoms with Gasteiger partial charge >= 0.3 is 0 Å². The molecule has 0 bridgehead atoms. The molecule has 0 fully saturated rings. The Morgan fingerprint density at radius 1 is 1.13 bits per heavy atom. The lowest BCUT2D eigenvalue weighted by Crippen LogP contribution is -2.46. The van der Waals surface area contributed by atoms with Crippen LogP contribution in [0.4, 0.5) is 0 Å². The number of rotatable bonds is 11. The molecular weight excluding hydrogens is 432 g/mol. The van der Waals surface area contributed by atoms with Crippen molar-refractivity contribution in [3.05, 3.63) is 84.4 Å². The number of imidazole rings is 1. The summed E-state index contributed by atoms with van der Waals surface area (Å²) < 4.78 is 29.9. The summed E-state index contributed by atoms with van der Waals surface area (Å²) in [6.45, 7) is 1.01. The topological polar surface area (TPSA) is 93.1 Å². The molecule has 31 heavy (non-hydrogen) atoms. The maximum atomic E-state index is 12.8. The van der Waals surface area contributed by atoms with Crippen LogP contribution in [0, 0.1) is 0 Å². The Morgan fingerprint density at radius 2 is 1.90 bits per heavy atom. The predicted octanol–water partition coefficient (Wildman–Crippen LogP) is 2.65. The Morgan fingerprint density at radius 3 is 2.61 bits per heavy atom. The van der Waals surface area contributed by atoms with E-state index in [1.807, 2.05) is 41.3 Å². The molecule has 3 aromatic rings. The van der Waals surface area contributed by atoms with Gasteiger partial charge in [0.25, 0.3) is 0 Å². The van der Waals surface area contributed by atoms with Crippen molar-refractivity contribution in [2.75, 3.05) is 12.0 Å². The van der Waals surface area contributed by atoms with Gasteiger partial charge in [-0.15, -0.1) is 0 Å². The second-order valence-electron chi connectivity index (χ2n) is 7.04. The minimum Gasteiger partial charge on any atom is -0.351 e. The highest BCUT2D eigenvalue weighted by molar-refractivity contribution is 7.98. The summed E-state index contributed by atoms with van der Waals surface area (Å²) in [6.07, 6.45) is 7.70. The van der Waals surface area contributed by atoms with Crippen molar-refractivity contribution in [2.45, 2.75) is 30.4 Å². The van der Waals surface area contributed by atoms with Gasteiger partial charge in [0.15, 0.2) is 0 Å². The molecule has 7 nitrogen and oxygen atoms in total. The molecule has 3 rings (SSSR count). The molecule has 9 heteroatoms. The molecule has 1 unspecified atom stereocenters. The number of carbonyl (C=O) groups is 1. The van der Waals surface area contributed by atoms with Crippen LogP contribution in [0.5, 0.6) is 0 Å². The molecule has 0 aliphatic carbocycles. The third-order valence-corrected chi connectivity index (χ3v) is 6.79. The summed E-state index contributed by atoms with van der Waals surface area (Å²) in [6, 6.07) is 15.1. The molecule has 0 saturated heterocycles. The van der Waals surface area contributed by atoms with E-state index in [-0.39, 0.29) is 10.8 Å². The number of benzene rings is 2. The van der Waals surface area contributed by atoms with Crippen molar-refractivity contribution in [3.8, 4) is 0 Å². The highest BCUT2D eigenvalue weighted by atomic mass is 32.2. The number of aromatic nitrogens is 2. The van der Waals surface area contributed by atoms with E-state index in [0.29, 0.717) is 25.3 Å². The van der Waals surface area contributed by atoms with Gasteiger partial charge in [-0.2, -0.15) is 16.5 Å². The largest absolute Gasteiger partial charge is 0.351 e. The Labute approximate surface area is 187 Å². The molecule has 164 valence electrons. The number of amides is 1. The van der Waals surface area contributed by atoms with Gasteiger partial charge in [0, 0.05) is 25.5 Å². The summed E-state index contributed by atoms with van der Waals surface area (Å²) in [5.41, 5.74) is 2.04. The molecule has 0 spiro atoms. The fourth-order valence-corrected chi connectivity index (χ4v) is 4.80. The summed E-state index contributed by atoms with van der Waals surface area (Å²) in [5, 5.41) is 2.87. The first-order valence-electron chi connectivity index (χ1n) is 9.85. The van der Waals surface area contributed by atoms with E-state index >= 15 is 0 Å². The van der Waals surface area contributed by atoms with E-state index < -0.39 is 16.1 Å². The van der Waals surface area contributed by atoms with Crippen LogP contribution in [-0.2, 0) is 27.9 Å². The van der Waals surface area contributed by atoms with Crippen molar-refractivity contribution in [1.29, 1.82) is 0 Å². The molecule has 2 aromatic carbocycles. The minimum absolute atomic E-state index is 0.143. The molecule has 2 N–H and O–H groups in total. The second kappa shape index (κ2) is 11.1. The van der Waals surface area contributed by atoms with Crippen molar-refractivity contribution >= 4 is 27.7 Å². The Hall–Kier alpha value is -2.62. The van der Waals surface area contributed by atoms with E-state index in [1.54, 1.807) is 42.5 Å². The van der Waals surface area contributed by atoms with Gasteiger partial charge in [-0.1, -0.05) is 42.5 Å². The molecular formula is C22H26N4O3S2. The van der Waals surface area contributed by atoms with E-state index in [4.69, 9.17) is 0 Å². The molecule has 1 atom stereocenters. The van der Waals surface area contributed by atoms with Crippen LogP contribution in [0.3, 0.4) is 0 Å². The normalized spacial score (nSPS) is 12.4. The van der Waals surface area contributed by atoms with Crippen molar-refractivity contribution < 1.29 is 13.2 Å². The molecule has 1 aromatic heterocycles. The SMILES string of the molecule is CSCCC(NS(=O)(=O)c1ccccc1)C(=O)NCc1cccc(Cn2ccnc2)c1. The van der Waals surface area contributed by atoms with Gasteiger partial charge in [-0.3, -0.25) is 4.79 Å². The standard InChI is InChI=1S/C22H26N4O3S2/c1-30-13-10-21(25-31(28,29)20-8-3-2-4-9-20)22(27)24-15-18-6-5-7-19(14-18)16-26-12-11-23-17-26/h2-9,11-12,14,17,21,25H,10,13,15-16H2,1H3,(H,24,27). The van der Waals surface area contributed by atoms with E-state index in [9.17, 15) is 13.2 Å². The van der Waals surface area contributed by atoms with Gasteiger partial charge in [0.05, 0.1) is 11.2 Å². The quantitative estimate of drug-likeness (QED) is 0.461. The average Bonchev–Trinajstić information content (AvgIpc) is 3.29. The van der Waals surface area contributed by atoms with Crippen LogP contribution in [0.2, 0.25) is 0 Å².